The number of pyridine rings is 1. The van der Waals surface area contributed by atoms with Crippen LogP contribution in [0.15, 0.2) is 18.3 Å². The number of nitrogens with one attached hydrogen (secondary N) is 1. The number of aromatic nitrogens is 1. The van der Waals surface area contributed by atoms with E-state index in [1.54, 1.807) is 0 Å². The lowest BCUT2D eigenvalue weighted by Gasteiger charge is -2.30. The third kappa shape index (κ3) is 5.12. The Morgan fingerprint density at radius 3 is 2.45 bits per heavy atom. The Bertz CT molecular complexity index is 388. The van der Waals surface area contributed by atoms with Crippen LogP contribution >= 0.6 is 0 Å². The van der Waals surface area contributed by atoms with Gasteiger partial charge in [0.1, 0.15) is 5.82 Å². The van der Waals surface area contributed by atoms with Crippen LogP contribution in [-0.4, -0.2) is 24.1 Å². The summed E-state index contributed by atoms with van der Waals surface area (Å²) in [6, 6.07) is 5.20. The van der Waals surface area contributed by atoms with E-state index in [0.717, 1.165) is 25.3 Å². The Labute approximate surface area is 124 Å². The van der Waals surface area contributed by atoms with Gasteiger partial charge < -0.3 is 10.2 Å². The lowest BCUT2D eigenvalue weighted by Crippen LogP contribution is -2.35. The maximum absolute atomic E-state index is 4.57. The molecule has 0 aliphatic rings. The minimum absolute atomic E-state index is 0.379. The first-order chi connectivity index (χ1) is 9.45. The third-order valence-corrected chi connectivity index (χ3v) is 3.45. The number of rotatable bonds is 8. The topological polar surface area (TPSA) is 28.2 Å². The zero-order chi connectivity index (χ0) is 15.1. The summed E-state index contributed by atoms with van der Waals surface area (Å²) in [7, 11) is 0. The van der Waals surface area contributed by atoms with Crippen molar-refractivity contribution < 1.29 is 0 Å². The van der Waals surface area contributed by atoms with Crippen LogP contribution in [0.4, 0.5) is 5.82 Å². The number of nitrogens with zero attached hydrogens (tertiary/aromatic N) is 2. The minimum Gasteiger partial charge on any atom is -0.354 e. The van der Waals surface area contributed by atoms with Crippen LogP contribution in [0.2, 0.25) is 0 Å². The maximum Gasteiger partial charge on any atom is 0.129 e. The van der Waals surface area contributed by atoms with E-state index < -0.39 is 0 Å². The molecule has 1 aromatic heterocycles. The van der Waals surface area contributed by atoms with Crippen LogP contribution in [0.25, 0.3) is 0 Å². The molecule has 0 bridgehead atoms. The van der Waals surface area contributed by atoms with Gasteiger partial charge in [0.2, 0.25) is 0 Å². The predicted molar refractivity (Wildman–Crippen MR) is 88.3 cm³/mol. The quantitative estimate of drug-likeness (QED) is 0.778. The van der Waals surface area contributed by atoms with Crippen LogP contribution in [0.3, 0.4) is 0 Å². The van der Waals surface area contributed by atoms with Gasteiger partial charge in [-0.25, -0.2) is 4.98 Å². The molecule has 0 fully saturated rings. The lowest BCUT2D eigenvalue weighted by atomic mass is 10.1. The molecule has 0 saturated heterocycles. The Balaban J connectivity index is 2.89. The van der Waals surface area contributed by atoms with E-state index in [4.69, 9.17) is 0 Å². The molecule has 1 N–H and O–H groups in total. The van der Waals surface area contributed by atoms with Crippen molar-refractivity contribution in [2.75, 3.05) is 18.0 Å². The molecule has 1 rings (SSSR count). The van der Waals surface area contributed by atoms with E-state index in [1.165, 1.54) is 5.56 Å². The average molecular weight is 277 g/mol. The zero-order valence-electron chi connectivity index (χ0n) is 14.0. The molecule has 0 spiro atoms. The second kappa shape index (κ2) is 8.25. The summed E-state index contributed by atoms with van der Waals surface area (Å²) in [6.07, 6.45) is 3.10. The van der Waals surface area contributed by atoms with Crippen LogP contribution < -0.4 is 10.2 Å². The second-order valence-corrected chi connectivity index (χ2v) is 6.26. The van der Waals surface area contributed by atoms with Crippen LogP contribution in [0.5, 0.6) is 0 Å². The summed E-state index contributed by atoms with van der Waals surface area (Å²) < 4.78 is 0. The molecular weight excluding hydrogens is 246 g/mol. The van der Waals surface area contributed by atoms with Gasteiger partial charge in [-0.1, -0.05) is 20.8 Å². The highest BCUT2D eigenvalue weighted by molar-refractivity contribution is 5.42. The molecule has 0 aliphatic heterocycles. The number of hydrogen-bond acceptors (Lipinski definition) is 3. The van der Waals surface area contributed by atoms with Gasteiger partial charge >= 0.3 is 0 Å². The standard InChI is InChI=1S/C17H31N3/c1-7-9-18-15(6)16-8-10-19-17(11-16)20(14(4)5)12-13(2)3/h8,10-11,13-15,18H,7,9,12H2,1-6H3. The van der Waals surface area contributed by atoms with E-state index >= 15 is 0 Å². The SMILES string of the molecule is CCCNC(C)c1ccnc(N(CC(C)C)C(C)C)c1. The van der Waals surface area contributed by atoms with Crippen molar-refractivity contribution in [2.24, 2.45) is 5.92 Å². The van der Waals surface area contributed by atoms with Gasteiger partial charge in [0.15, 0.2) is 0 Å². The minimum atomic E-state index is 0.379. The average Bonchev–Trinajstić information content (AvgIpc) is 2.41. The zero-order valence-corrected chi connectivity index (χ0v) is 14.0. The summed E-state index contributed by atoms with van der Waals surface area (Å²) in [5, 5.41) is 3.54. The molecule has 3 heteroatoms. The molecule has 20 heavy (non-hydrogen) atoms. The fraction of sp³-hybridized carbons (Fsp3) is 0.706. The van der Waals surface area contributed by atoms with Gasteiger partial charge in [-0.05, 0) is 57.4 Å². The molecule has 1 heterocycles. The van der Waals surface area contributed by atoms with Crippen molar-refractivity contribution in [3.63, 3.8) is 0 Å². The Morgan fingerprint density at radius 2 is 1.90 bits per heavy atom. The van der Waals surface area contributed by atoms with E-state index in [2.05, 4.69) is 68.9 Å². The van der Waals surface area contributed by atoms with Crippen molar-refractivity contribution in [2.45, 2.75) is 60.0 Å². The summed E-state index contributed by atoms with van der Waals surface area (Å²) in [5.41, 5.74) is 1.32. The van der Waals surface area contributed by atoms with Crippen molar-refractivity contribution in [3.05, 3.63) is 23.9 Å². The third-order valence-electron chi connectivity index (χ3n) is 3.45. The molecule has 0 radical (unpaired) electrons. The lowest BCUT2D eigenvalue weighted by molar-refractivity contribution is 0.558. The first-order valence-corrected chi connectivity index (χ1v) is 7.91. The fourth-order valence-corrected chi connectivity index (χ4v) is 2.30. The Morgan fingerprint density at radius 1 is 1.20 bits per heavy atom. The molecular formula is C17H31N3. The van der Waals surface area contributed by atoms with Crippen LogP contribution in [0, 0.1) is 5.92 Å². The first-order valence-electron chi connectivity index (χ1n) is 7.91. The first kappa shape index (κ1) is 17.0. The van der Waals surface area contributed by atoms with Crippen LogP contribution in [0.1, 0.15) is 59.6 Å². The largest absolute Gasteiger partial charge is 0.354 e. The summed E-state index contributed by atoms with van der Waals surface area (Å²) in [4.78, 5) is 6.96. The Kier molecular flexibility index (Phi) is 7.00. The van der Waals surface area contributed by atoms with E-state index in [1.807, 2.05) is 6.20 Å². The van der Waals surface area contributed by atoms with Gasteiger partial charge in [0.05, 0.1) is 0 Å². The van der Waals surface area contributed by atoms with Crippen molar-refractivity contribution in [1.29, 1.82) is 0 Å². The fourth-order valence-electron chi connectivity index (χ4n) is 2.30. The highest BCUT2D eigenvalue weighted by Crippen LogP contribution is 2.21. The highest BCUT2D eigenvalue weighted by Gasteiger charge is 2.15. The highest BCUT2D eigenvalue weighted by atomic mass is 15.2. The molecule has 0 aromatic carbocycles. The molecule has 1 unspecified atom stereocenters. The van der Waals surface area contributed by atoms with E-state index in [9.17, 15) is 0 Å². The van der Waals surface area contributed by atoms with Crippen molar-refractivity contribution in [3.8, 4) is 0 Å². The number of anilines is 1. The predicted octanol–water partition coefficient (Wildman–Crippen LogP) is 4.01. The van der Waals surface area contributed by atoms with Gasteiger partial charge in [-0.15, -0.1) is 0 Å². The molecule has 1 atom stereocenters. The summed E-state index contributed by atoms with van der Waals surface area (Å²) in [5.74, 6) is 1.73. The van der Waals surface area contributed by atoms with Gasteiger partial charge in [-0.2, -0.15) is 0 Å². The molecule has 0 saturated carbocycles. The van der Waals surface area contributed by atoms with Gasteiger partial charge in [-0.3, -0.25) is 0 Å². The summed E-state index contributed by atoms with van der Waals surface area (Å²) in [6.45, 7) is 15.5. The Hall–Kier alpha value is -1.09. The summed E-state index contributed by atoms with van der Waals surface area (Å²) >= 11 is 0. The second-order valence-electron chi connectivity index (χ2n) is 6.26. The number of hydrogen-bond donors (Lipinski definition) is 1. The van der Waals surface area contributed by atoms with Gasteiger partial charge in [0, 0.05) is 24.8 Å². The van der Waals surface area contributed by atoms with Gasteiger partial charge in [0.25, 0.3) is 0 Å². The molecule has 114 valence electrons. The van der Waals surface area contributed by atoms with Crippen LogP contribution in [-0.2, 0) is 0 Å². The van der Waals surface area contributed by atoms with E-state index in [-0.39, 0.29) is 0 Å². The van der Waals surface area contributed by atoms with Crippen molar-refractivity contribution in [1.82, 2.24) is 10.3 Å². The van der Waals surface area contributed by atoms with Crippen molar-refractivity contribution >= 4 is 5.82 Å². The van der Waals surface area contributed by atoms with E-state index in [0.29, 0.717) is 18.0 Å². The smallest absolute Gasteiger partial charge is 0.129 e. The monoisotopic (exact) mass is 277 g/mol. The molecule has 0 amide bonds. The normalized spacial score (nSPS) is 13.0. The molecule has 0 aliphatic carbocycles. The molecule has 3 nitrogen and oxygen atoms in total. The molecule has 1 aromatic rings. The maximum atomic E-state index is 4.57.